The van der Waals surface area contributed by atoms with Crippen molar-refractivity contribution in [1.82, 2.24) is 10.2 Å². The van der Waals surface area contributed by atoms with Crippen LogP contribution >= 0.6 is 0 Å². The predicted octanol–water partition coefficient (Wildman–Crippen LogP) is 2.73. The van der Waals surface area contributed by atoms with Gasteiger partial charge in [0, 0.05) is 25.2 Å². The summed E-state index contributed by atoms with van der Waals surface area (Å²) in [5.74, 6) is 0.119. The van der Waals surface area contributed by atoms with Crippen LogP contribution in [0.1, 0.15) is 36.8 Å². The van der Waals surface area contributed by atoms with Gasteiger partial charge in [0.1, 0.15) is 0 Å². The van der Waals surface area contributed by atoms with E-state index in [1.54, 1.807) is 12.1 Å². The monoisotopic (exact) mass is 282 g/mol. The molecule has 110 valence electrons. The van der Waals surface area contributed by atoms with Gasteiger partial charge in [-0.05, 0) is 24.8 Å². The molecule has 1 aliphatic rings. The Morgan fingerprint density at radius 3 is 2.40 bits per heavy atom. The van der Waals surface area contributed by atoms with Crippen LogP contribution in [0.2, 0.25) is 0 Å². The van der Waals surface area contributed by atoms with Gasteiger partial charge in [-0.3, -0.25) is 4.79 Å². The van der Waals surface area contributed by atoms with E-state index in [-0.39, 0.29) is 11.5 Å². The molecule has 1 heterocycles. The van der Waals surface area contributed by atoms with Gasteiger partial charge in [-0.2, -0.15) is 0 Å². The van der Waals surface area contributed by atoms with Gasteiger partial charge < -0.3 is 10.2 Å². The maximum Gasteiger partial charge on any atom is 0.263 e. The molecule has 1 aliphatic heterocycles. The van der Waals surface area contributed by atoms with E-state index in [0.29, 0.717) is 13.1 Å². The smallest absolute Gasteiger partial charge is 0.263 e. The topological polar surface area (TPSA) is 32.3 Å². The normalized spacial score (nSPS) is 15.7. The molecule has 2 rings (SSSR count). The van der Waals surface area contributed by atoms with Crippen LogP contribution in [0.3, 0.4) is 0 Å². The number of carbonyl (C=O) groups is 1. The molecule has 5 heteroatoms. The zero-order valence-corrected chi connectivity index (χ0v) is 11.4. The molecule has 20 heavy (non-hydrogen) atoms. The highest BCUT2D eigenvalue weighted by molar-refractivity contribution is 5.78. The molecular formula is C15H20F2N2O. The Balaban J connectivity index is 1.73. The van der Waals surface area contributed by atoms with Gasteiger partial charge >= 0.3 is 0 Å². The molecule has 1 saturated heterocycles. The van der Waals surface area contributed by atoms with Crippen molar-refractivity contribution in [2.45, 2.75) is 32.2 Å². The summed E-state index contributed by atoms with van der Waals surface area (Å²) in [6, 6.07) is 6.18. The fourth-order valence-electron chi connectivity index (χ4n) is 2.35. The van der Waals surface area contributed by atoms with Gasteiger partial charge in [-0.25, -0.2) is 8.78 Å². The third-order valence-corrected chi connectivity index (χ3v) is 3.55. The lowest BCUT2D eigenvalue weighted by Gasteiger charge is -2.26. The summed E-state index contributed by atoms with van der Waals surface area (Å²) in [6.45, 7) is 2.52. The zero-order valence-electron chi connectivity index (χ0n) is 11.4. The third-order valence-electron chi connectivity index (χ3n) is 3.55. The number of nitrogens with one attached hydrogen (secondary N) is 1. The first-order valence-corrected chi connectivity index (χ1v) is 7.02. The third kappa shape index (κ3) is 4.27. The van der Waals surface area contributed by atoms with Crippen LogP contribution in [0.4, 0.5) is 8.78 Å². The van der Waals surface area contributed by atoms with Gasteiger partial charge in [0.05, 0.1) is 6.54 Å². The second kappa shape index (κ2) is 7.33. The molecule has 1 aromatic carbocycles. The van der Waals surface area contributed by atoms with Crippen LogP contribution in [0.5, 0.6) is 0 Å². The fraction of sp³-hybridized carbons (Fsp3) is 0.533. The van der Waals surface area contributed by atoms with E-state index in [2.05, 4.69) is 5.32 Å². The molecule has 0 saturated carbocycles. The lowest BCUT2D eigenvalue weighted by atomic mass is 10.1. The highest BCUT2D eigenvalue weighted by atomic mass is 19.3. The summed E-state index contributed by atoms with van der Waals surface area (Å²) in [4.78, 5) is 13.8. The van der Waals surface area contributed by atoms with Gasteiger partial charge in [0.15, 0.2) is 0 Å². The number of likely N-dealkylation sites (tertiary alicyclic amines) is 1. The van der Waals surface area contributed by atoms with Gasteiger partial charge in [-0.15, -0.1) is 0 Å². The number of nitrogens with zero attached hydrogens (tertiary/aromatic N) is 1. The van der Waals surface area contributed by atoms with E-state index in [4.69, 9.17) is 0 Å². The molecule has 3 nitrogen and oxygen atoms in total. The summed E-state index contributed by atoms with van der Waals surface area (Å²) in [5.41, 5.74) is 0.930. The number of benzene rings is 1. The fourth-order valence-corrected chi connectivity index (χ4v) is 2.35. The predicted molar refractivity (Wildman–Crippen MR) is 73.5 cm³/mol. The van der Waals surface area contributed by atoms with Crippen LogP contribution in [0.25, 0.3) is 0 Å². The summed E-state index contributed by atoms with van der Waals surface area (Å²) in [6.07, 6.45) is 0.938. The number of carbonyl (C=O) groups excluding carboxylic acids is 1. The molecule has 0 radical (unpaired) electrons. The van der Waals surface area contributed by atoms with Gasteiger partial charge in [0.25, 0.3) is 6.43 Å². The highest BCUT2D eigenvalue weighted by Crippen LogP contribution is 2.18. The Morgan fingerprint density at radius 1 is 1.15 bits per heavy atom. The molecule has 0 bridgehead atoms. The second-order valence-corrected chi connectivity index (χ2v) is 5.09. The number of halogens is 2. The largest absolute Gasteiger partial charge is 0.342 e. The first-order valence-electron chi connectivity index (χ1n) is 7.02. The van der Waals surface area contributed by atoms with Gasteiger partial charge in [-0.1, -0.05) is 24.3 Å². The van der Waals surface area contributed by atoms with Crippen molar-refractivity contribution in [3.63, 3.8) is 0 Å². The molecule has 1 fully saturated rings. The van der Waals surface area contributed by atoms with E-state index in [9.17, 15) is 13.6 Å². The van der Waals surface area contributed by atoms with Crippen LogP contribution in [-0.4, -0.2) is 30.4 Å². The van der Waals surface area contributed by atoms with E-state index in [1.165, 1.54) is 18.6 Å². The Morgan fingerprint density at radius 2 is 1.80 bits per heavy atom. The lowest BCUT2D eigenvalue weighted by Crippen LogP contribution is -2.40. The van der Waals surface area contributed by atoms with E-state index in [0.717, 1.165) is 31.5 Å². The van der Waals surface area contributed by atoms with Crippen LogP contribution in [0, 0.1) is 0 Å². The van der Waals surface area contributed by atoms with E-state index < -0.39 is 6.43 Å². The molecule has 0 spiro atoms. The molecule has 0 unspecified atom stereocenters. The molecule has 1 amide bonds. The first-order chi connectivity index (χ1) is 9.66. The van der Waals surface area contributed by atoms with E-state index in [1.807, 2.05) is 4.90 Å². The summed E-state index contributed by atoms with van der Waals surface area (Å²) in [7, 11) is 0. The quantitative estimate of drug-likeness (QED) is 0.900. The Bertz CT molecular complexity index is 428. The first kappa shape index (κ1) is 14.9. The standard InChI is InChI=1S/C15H20F2N2O/c16-15(17)13-6-4-12(5-7-13)10-18-11-14(20)19-8-2-1-3-9-19/h4-7,15,18H,1-3,8-11H2. The van der Waals surface area contributed by atoms with Crippen LogP contribution < -0.4 is 5.32 Å². The SMILES string of the molecule is O=C(CNCc1ccc(C(F)F)cc1)N1CCCCC1. The number of piperidine rings is 1. The van der Waals surface area contributed by atoms with Crippen molar-refractivity contribution < 1.29 is 13.6 Å². The number of hydrogen-bond donors (Lipinski definition) is 1. The number of hydrogen-bond acceptors (Lipinski definition) is 2. The summed E-state index contributed by atoms with van der Waals surface area (Å²) in [5, 5.41) is 3.07. The number of alkyl halides is 2. The molecule has 0 aliphatic carbocycles. The Labute approximate surface area is 118 Å². The second-order valence-electron chi connectivity index (χ2n) is 5.09. The minimum Gasteiger partial charge on any atom is -0.342 e. The summed E-state index contributed by atoms with van der Waals surface area (Å²) >= 11 is 0. The number of amides is 1. The molecule has 0 atom stereocenters. The number of rotatable bonds is 5. The minimum atomic E-state index is -2.43. The van der Waals surface area contributed by atoms with E-state index >= 15 is 0 Å². The summed E-state index contributed by atoms with van der Waals surface area (Å²) < 4.78 is 24.8. The van der Waals surface area contributed by atoms with Crippen molar-refractivity contribution in [2.75, 3.05) is 19.6 Å². The van der Waals surface area contributed by atoms with Crippen molar-refractivity contribution in [2.24, 2.45) is 0 Å². The average Bonchev–Trinajstić information content (AvgIpc) is 2.48. The molecule has 1 N–H and O–H groups in total. The molecule has 0 aromatic heterocycles. The maximum atomic E-state index is 12.4. The minimum absolute atomic E-state index is 0.0261. The van der Waals surface area contributed by atoms with Crippen molar-refractivity contribution in [1.29, 1.82) is 0 Å². The zero-order chi connectivity index (χ0) is 14.4. The Kier molecular flexibility index (Phi) is 5.47. The van der Waals surface area contributed by atoms with Crippen LogP contribution in [-0.2, 0) is 11.3 Å². The highest BCUT2D eigenvalue weighted by Gasteiger charge is 2.15. The molecular weight excluding hydrogens is 262 g/mol. The van der Waals surface area contributed by atoms with Crippen molar-refractivity contribution in [3.8, 4) is 0 Å². The average molecular weight is 282 g/mol. The van der Waals surface area contributed by atoms with Crippen molar-refractivity contribution >= 4 is 5.91 Å². The lowest BCUT2D eigenvalue weighted by molar-refractivity contribution is -0.131. The van der Waals surface area contributed by atoms with Crippen molar-refractivity contribution in [3.05, 3.63) is 35.4 Å². The molecule has 1 aromatic rings. The van der Waals surface area contributed by atoms with Gasteiger partial charge in [0.2, 0.25) is 5.91 Å². The Hall–Kier alpha value is -1.49. The maximum absolute atomic E-state index is 12.4. The van der Waals surface area contributed by atoms with Crippen LogP contribution in [0.15, 0.2) is 24.3 Å².